The normalized spacial score (nSPS) is 16.9. The molecule has 0 unspecified atom stereocenters. The lowest BCUT2D eigenvalue weighted by Gasteiger charge is -2.22. The molecule has 1 aliphatic heterocycles. The number of hydrogen-bond donors (Lipinski definition) is 1. The first-order valence-electron chi connectivity index (χ1n) is 5.38. The second-order valence-corrected chi connectivity index (χ2v) is 4.12. The molecule has 1 heterocycles. The van der Waals surface area contributed by atoms with Gasteiger partial charge in [-0.1, -0.05) is 18.2 Å². The van der Waals surface area contributed by atoms with Crippen LogP contribution in [0.25, 0.3) is 5.57 Å². The Morgan fingerprint density at radius 1 is 1.31 bits per heavy atom. The summed E-state index contributed by atoms with van der Waals surface area (Å²) in [5, 5.41) is 8.80. The number of carboxylic acids is 1. The van der Waals surface area contributed by atoms with E-state index in [0.29, 0.717) is 5.56 Å². The summed E-state index contributed by atoms with van der Waals surface area (Å²) >= 11 is 0. The van der Waals surface area contributed by atoms with Crippen LogP contribution in [0.5, 0.6) is 0 Å². The lowest BCUT2D eigenvalue weighted by molar-refractivity contribution is 0.0697. The molecule has 0 atom stereocenters. The molecule has 0 aromatic heterocycles. The molecule has 0 radical (unpaired) electrons. The fourth-order valence-electron chi connectivity index (χ4n) is 1.86. The van der Waals surface area contributed by atoms with Gasteiger partial charge in [0.2, 0.25) is 0 Å². The quantitative estimate of drug-likeness (QED) is 0.824. The summed E-state index contributed by atoms with van der Waals surface area (Å²) in [4.78, 5) is 13.0. The van der Waals surface area contributed by atoms with Gasteiger partial charge in [-0.25, -0.2) is 4.79 Å². The predicted molar refractivity (Wildman–Crippen MR) is 63.5 cm³/mol. The maximum atomic E-state index is 10.7. The van der Waals surface area contributed by atoms with E-state index in [-0.39, 0.29) is 0 Å². The minimum atomic E-state index is -0.871. The number of carbonyl (C=O) groups is 1. The number of nitrogens with zero attached hydrogens (tertiary/aromatic N) is 1. The van der Waals surface area contributed by atoms with Gasteiger partial charge < -0.3 is 10.0 Å². The second-order valence-electron chi connectivity index (χ2n) is 4.12. The van der Waals surface area contributed by atoms with Crippen LogP contribution in [-0.4, -0.2) is 36.1 Å². The van der Waals surface area contributed by atoms with Crippen LogP contribution < -0.4 is 0 Å². The van der Waals surface area contributed by atoms with E-state index in [2.05, 4.69) is 18.0 Å². The number of carboxylic acid groups (broad SMARTS) is 1. The molecule has 0 amide bonds. The Labute approximate surface area is 95.0 Å². The van der Waals surface area contributed by atoms with Crippen molar-refractivity contribution in [1.29, 1.82) is 0 Å². The van der Waals surface area contributed by atoms with Gasteiger partial charge in [-0.15, -0.1) is 0 Å². The summed E-state index contributed by atoms with van der Waals surface area (Å²) in [6, 6.07) is 7.11. The van der Waals surface area contributed by atoms with Crippen LogP contribution in [0.15, 0.2) is 30.3 Å². The maximum Gasteiger partial charge on any atom is 0.335 e. The highest BCUT2D eigenvalue weighted by Crippen LogP contribution is 2.21. The van der Waals surface area contributed by atoms with Crippen molar-refractivity contribution in [3.8, 4) is 0 Å². The molecule has 1 N–H and O–H groups in total. The average Bonchev–Trinajstić information content (AvgIpc) is 2.30. The van der Waals surface area contributed by atoms with Crippen molar-refractivity contribution in [2.75, 3.05) is 20.1 Å². The Balaban J connectivity index is 2.19. The molecule has 16 heavy (non-hydrogen) atoms. The minimum absolute atomic E-state index is 0.345. The summed E-state index contributed by atoms with van der Waals surface area (Å²) in [6.07, 6.45) is 3.24. The number of hydrogen-bond acceptors (Lipinski definition) is 2. The molecule has 0 bridgehead atoms. The van der Waals surface area contributed by atoms with Crippen molar-refractivity contribution in [1.82, 2.24) is 4.90 Å². The molecule has 2 rings (SSSR count). The van der Waals surface area contributed by atoms with Crippen molar-refractivity contribution in [2.45, 2.75) is 6.42 Å². The Morgan fingerprint density at radius 3 is 2.50 bits per heavy atom. The predicted octanol–water partition coefficient (Wildman–Crippen LogP) is 2.10. The third-order valence-electron chi connectivity index (χ3n) is 2.91. The van der Waals surface area contributed by atoms with E-state index in [1.807, 2.05) is 12.1 Å². The molecule has 0 saturated carbocycles. The Morgan fingerprint density at radius 2 is 2.00 bits per heavy atom. The van der Waals surface area contributed by atoms with Gasteiger partial charge in [0.25, 0.3) is 0 Å². The van der Waals surface area contributed by atoms with Crippen LogP contribution in [0, 0.1) is 0 Å². The molecule has 0 aliphatic carbocycles. The van der Waals surface area contributed by atoms with E-state index < -0.39 is 5.97 Å². The first-order valence-corrected chi connectivity index (χ1v) is 5.38. The van der Waals surface area contributed by atoms with Gasteiger partial charge in [0.1, 0.15) is 0 Å². The van der Waals surface area contributed by atoms with Crippen LogP contribution in [0.1, 0.15) is 22.3 Å². The monoisotopic (exact) mass is 217 g/mol. The van der Waals surface area contributed by atoms with Crippen molar-refractivity contribution >= 4 is 11.5 Å². The highest BCUT2D eigenvalue weighted by atomic mass is 16.4. The van der Waals surface area contributed by atoms with E-state index in [0.717, 1.165) is 25.1 Å². The van der Waals surface area contributed by atoms with Gasteiger partial charge >= 0.3 is 5.97 Å². The fourth-order valence-corrected chi connectivity index (χ4v) is 1.86. The van der Waals surface area contributed by atoms with Crippen molar-refractivity contribution in [2.24, 2.45) is 0 Å². The van der Waals surface area contributed by atoms with Gasteiger partial charge in [-0.05, 0) is 36.7 Å². The zero-order valence-electron chi connectivity index (χ0n) is 9.31. The minimum Gasteiger partial charge on any atom is -0.478 e. The largest absolute Gasteiger partial charge is 0.478 e. The van der Waals surface area contributed by atoms with Crippen molar-refractivity contribution in [3.63, 3.8) is 0 Å². The van der Waals surface area contributed by atoms with Gasteiger partial charge in [0, 0.05) is 13.1 Å². The molecule has 1 aromatic rings. The number of rotatable bonds is 2. The molecule has 0 spiro atoms. The van der Waals surface area contributed by atoms with E-state index in [9.17, 15) is 4.79 Å². The van der Waals surface area contributed by atoms with Crippen LogP contribution in [-0.2, 0) is 0 Å². The molecular formula is C13H15NO2. The molecule has 0 fully saturated rings. The fraction of sp³-hybridized carbons (Fsp3) is 0.308. The van der Waals surface area contributed by atoms with Crippen molar-refractivity contribution < 1.29 is 9.90 Å². The summed E-state index contributed by atoms with van der Waals surface area (Å²) in [5.41, 5.74) is 2.80. The summed E-state index contributed by atoms with van der Waals surface area (Å²) in [7, 11) is 2.10. The third kappa shape index (κ3) is 2.31. The van der Waals surface area contributed by atoms with Gasteiger partial charge in [-0.2, -0.15) is 0 Å². The number of benzene rings is 1. The lowest BCUT2D eigenvalue weighted by atomic mass is 9.99. The van der Waals surface area contributed by atoms with Gasteiger partial charge in [-0.3, -0.25) is 0 Å². The van der Waals surface area contributed by atoms with E-state index in [4.69, 9.17) is 5.11 Å². The van der Waals surface area contributed by atoms with Crippen LogP contribution in [0.4, 0.5) is 0 Å². The Hall–Kier alpha value is -1.61. The first-order chi connectivity index (χ1) is 7.66. The van der Waals surface area contributed by atoms with E-state index in [1.165, 1.54) is 5.57 Å². The maximum absolute atomic E-state index is 10.7. The van der Waals surface area contributed by atoms with Crippen LogP contribution in [0.2, 0.25) is 0 Å². The highest BCUT2D eigenvalue weighted by Gasteiger charge is 2.10. The third-order valence-corrected chi connectivity index (χ3v) is 2.91. The van der Waals surface area contributed by atoms with Gasteiger partial charge in [0.05, 0.1) is 5.56 Å². The number of likely N-dealkylation sites (N-methyl/N-ethyl adjacent to an activating group) is 1. The molecule has 1 aliphatic rings. The highest BCUT2D eigenvalue weighted by molar-refractivity contribution is 5.88. The molecule has 3 heteroatoms. The molecule has 3 nitrogen and oxygen atoms in total. The van der Waals surface area contributed by atoms with E-state index in [1.54, 1.807) is 12.1 Å². The molecular weight excluding hydrogens is 202 g/mol. The zero-order chi connectivity index (χ0) is 11.5. The van der Waals surface area contributed by atoms with Crippen molar-refractivity contribution in [3.05, 3.63) is 41.5 Å². The molecule has 1 aromatic carbocycles. The van der Waals surface area contributed by atoms with Crippen LogP contribution >= 0.6 is 0 Å². The summed E-state index contributed by atoms with van der Waals surface area (Å²) < 4.78 is 0. The number of aromatic carboxylic acids is 1. The topological polar surface area (TPSA) is 40.5 Å². The lowest BCUT2D eigenvalue weighted by Crippen LogP contribution is -2.23. The average molecular weight is 217 g/mol. The second kappa shape index (κ2) is 4.49. The standard InChI is InChI=1S/C13H15NO2/c1-14-8-6-11(7-9-14)10-2-4-12(5-3-10)13(15)16/h2-6H,7-9H2,1H3,(H,15,16). The first kappa shape index (κ1) is 10.9. The summed E-state index contributed by atoms with van der Waals surface area (Å²) in [5.74, 6) is -0.871. The smallest absolute Gasteiger partial charge is 0.335 e. The van der Waals surface area contributed by atoms with E-state index >= 15 is 0 Å². The Kier molecular flexibility index (Phi) is 3.06. The van der Waals surface area contributed by atoms with Gasteiger partial charge in [0.15, 0.2) is 0 Å². The Bertz CT molecular complexity index is 420. The molecule has 84 valence electrons. The zero-order valence-corrected chi connectivity index (χ0v) is 9.31. The van der Waals surface area contributed by atoms with Crippen LogP contribution in [0.3, 0.4) is 0 Å². The SMILES string of the molecule is CN1CC=C(c2ccc(C(=O)O)cc2)CC1. The molecule has 0 saturated heterocycles. The summed E-state index contributed by atoms with van der Waals surface area (Å²) in [6.45, 7) is 2.03.